The fraction of sp³-hybridized carbons (Fsp3) is 0.273. The second-order valence-corrected chi connectivity index (χ2v) is 7.61. The van der Waals surface area contributed by atoms with E-state index in [9.17, 15) is 4.79 Å². The Labute approximate surface area is 157 Å². The molecule has 5 rings (SSSR count). The topological polar surface area (TPSA) is 53.4 Å². The van der Waals surface area contributed by atoms with Crippen molar-refractivity contribution >= 4 is 22.5 Å². The standard InChI is InChI=1S/C22H22N4O/c1-14(2)21-20-17(16-5-3-4-6-18(16)24-20)9-11-26(21)22(27)15-7-8-19-23-10-12-25(19)13-15/h3-8,10,12-14,21,24H,9,11H2,1-2H3/t21-/m1/s1. The number of nitrogens with one attached hydrogen (secondary N) is 1. The first-order chi connectivity index (χ1) is 13.1. The quantitative estimate of drug-likeness (QED) is 0.583. The molecule has 1 aliphatic heterocycles. The van der Waals surface area contributed by atoms with E-state index in [0.29, 0.717) is 11.5 Å². The number of carbonyl (C=O) groups is 1. The van der Waals surface area contributed by atoms with Crippen molar-refractivity contribution in [2.24, 2.45) is 5.92 Å². The molecule has 3 aromatic heterocycles. The maximum Gasteiger partial charge on any atom is 0.255 e. The second-order valence-electron chi connectivity index (χ2n) is 7.61. The van der Waals surface area contributed by atoms with Gasteiger partial charge in [-0.05, 0) is 36.1 Å². The van der Waals surface area contributed by atoms with Crippen LogP contribution in [0.25, 0.3) is 16.6 Å². The fourth-order valence-electron chi connectivity index (χ4n) is 4.40. The van der Waals surface area contributed by atoms with Crippen LogP contribution in [-0.2, 0) is 6.42 Å². The summed E-state index contributed by atoms with van der Waals surface area (Å²) in [5, 5.41) is 1.28. The highest BCUT2D eigenvalue weighted by atomic mass is 16.2. The van der Waals surface area contributed by atoms with E-state index in [-0.39, 0.29) is 11.9 Å². The zero-order valence-corrected chi connectivity index (χ0v) is 15.5. The SMILES string of the molecule is CC(C)[C@@H]1c2[nH]c3ccccc3c2CCN1C(=O)c1ccc2nccn2c1. The molecule has 0 bridgehead atoms. The van der Waals surface area contributed by atoms with Gasteiger partial charge in [0.25, 0.3) is 5.91 Å². The molecule has 0 fully saturated rings. The minimum Gasteiger partial charge on any atom is -0.356 e. The lowest BCUT2D eigenvalue weighted by atomic mass is 9.90. The zero-order valence-electron chi connectivity index (χ0n) is 15.5. The zero-order chi connectivity index (χ0) is 18.5. The number of fused-ring (bicyclic) bond motifs is 4. The highest BCUT2D eigenvalue weighted by Crippen LogP contribution is 2.39. The van der Waals surface area contributed by atoms with Crippen molar-refractivity contribution in [2.45, 2.75) is 26.3 Å². The van der Waals surface area contributed by atoms with E-state index >= 15 is 0 Å². The first kappa shape index (κ1) is 16.1. The number of H-pyrrole nitrogens is 1. The van der Waals surface area contributed by atoms with Gasteiger partial charge in [0, 0.05) is 41.7 Å². The van der Waals surface area contributed by atoms with Crippen molar-refractivity contribution in [3.63, 3.8) is 0 Å². The molecular weight excluding hydrogens is 336 g/mol. The van der Waals surface area contributed by atoms with Crippen LogP contribution in [0.4, 0.5) is 0 Å². The van der Waals surface area contributed by atoms with Crippen molar-refractivity contribution in [3.05, 3.63) is 71.8 Å². The average Bonchev–Trinajstić information content (AvgIpc) is 3.29. The molecule has 5 nitrogen and oxygen atoms in total. The van der Waals surface area contributed by atoms with E-state index in [1.807, 2.05) is 33.8 Å². The van der Waals surface area contributed by atoms with E-state index in [0.717, 1.165) is 24.1 Å². The lowest BCUT2D eigenvalue weighted by Crippen LogP contribution is -2.42. The number of para-hydroxylation sites is 1. The molecule has 1 atom stereocenters. The van der Waals surface area contributed by atoms with Crippen LogP contribution in [0.15, 0.2) is 55.0 Å². The highest BCUT2D eigenvalue weighted by molar-refractivity contribution is 5.95. The molecule has 1 aliphatic rings. The summed E-state index contributed by atoms with van der Waals surface area (Å²) in [7, 11) is 0. The number of hydrogen-bond acceptors (Lipinski definition) is 2. The normalized spacial score (nSPS) is 17.0. The predicted octanol–water partition coefficient (Wildman–Crippen LogP) is 4.21. The first-order valence-corrected chi connectivity index (χ1v) is 9.46. The molecule has 4 aromatic rings. The Hall–Kier alpha value is -3.08. The molecule has 4 heterocycles. The number of hydrogen-bond donors (Lipinski definition) is 1. The number of benzene rings is 1. The summed E-state index contributed by atoms with van der Waals surface area (Å²) in [6.07, 6.45) is 6.38. The van der Waals surface area contributed by atoms with E-state index in [1.54, 1.807) is 6.20 Å². The van der Waals surface area contributed by atoms with Crippen molar-refractivity contribution < 1.29 is 4.79 Å². The van der Waals surface area contributed by atoms with E-state index in [1.165, 1.54) is 16.6 Å². The van der Waals surface area contributed by atoms with Crippen LogP contribution in [0.2, 0.25) is 0 Å². The van der Waals surface area contributed by atoms with Crippen LogP contribution in [0.5, 0.6) is 0 Å². The molecule has 136 valence electrons. The number of imidazole rings is 1. The molecule has 5 heteroatoms. The molecule has 1 amide bonds. The van der Waals surface area contributed by atoms with E-state index in [4.69, 9.17) is 0 Å². The summed E-state index contributed by atoms with van der Waals surface area (Å²) in [6, 6.07) is 12.2. The summed E-state index contributed by atoms with van der Waals surface area (Å²) >= 11 is 0. The minimum absolute atomic E-state index is 0.0483. The van der Waals surface area contributed by atoms with Gasteiger partial charge in [0.1, 0.15) is 5.65 Å². The van der Waals surface area contributed by atoms with Gasteiger partial charge < -0.3 is 14.3 Å². The molecule has 1 N–H and O–H groups in total. The van der Waals surface area contributed by atoms with Crippen molar-refractivity contribution in [2.75, 3.05) is 6.54 Å². The fourth-order valence-corrected chi connectivity index (χ4v) is 4.40. The Morgan fingerprint density at radius 1 is 1.22 bits per heavy atom. The number of pyridine rings is 1. The van der Waals surface area contributed by atoms with Crippen molar-refractivity contribution in [1.29, 1.82) is 0 Å². The number of amides is 1. The van der Waals surface area contributed by atoms with Crippen LogP contribution < -0.4 is 0 Å². The van der Waals surface area contributed by atoms with Crippen LogP contribution in [0.1, 0.15) is 41.5 Å². The van der Waals surface area contributed by atoms with Gasteiger partial charge in [-0.2, -0.15) is 0 Å². The lowest BCUT2D eigenvalue weighted by Gasteiger charge is -2.38. The van der Waals surface area contributed by atoms with E-state index < -0.39 is 0 Å². The Bertz CT molecular complexity index is 1150. The lowest BCUT2D eigenvalue weighted by molar-refractivity contribution is 0.0598. The monoisotopic (exact) mass is 358 g/mol. The maximum atomic E-state index is 13.4. The van der Waals surface area contributed by atoms with Crippen LogP contribution >= 0.6 is 0 Å². The van der Waals surface area contributed by atoms with Gasteiger partial charge in [0.2, 0.25) is 0 Å². The number of nitrogens with zero attached hydrogens (tertiary/aromatic N) is 3. The third kappa shape index (κ3) is 2.46. The molecule has 0 radical (unpaired) electrons. The van der Waals surface area contributed by atoms with Gasteiger partial charge in [0.15, 0.2) is 0 Å². The Balaban J connectivity index is 1.58. The third-order valence-corrected chi connectivity index (χ3v) is 5.61. The number of rotatable bonds is 2. The largest absolute Gasteiger partial charge is 0.356 e. The molecule has 0 unspecified atom stereocenters. The maximum absolute atomic E-state index is 13.4. The first-order valence-electron chi connectivity index (χ1n) is 9.46. The average molecular weight is 358 g/mol. The molecule has 0 aliphatic carbocycles. The summed E-state index contributed by atoms with van der Waals surface area (Å²) in [5.74, 6) is 0.395. The van der Waals surface area contributed by atoms with Gasteiger partial charge in [-0.15, -0.1) is 0 Å². The Kier molecular flexibility index (Phi) is 3.57. The van der Waals surface area contributed by atoms with Gasteiger partial charge in [0.05, 0.1) is 11.6 Å². The molecule has 0 saturated carbocycles. The smallest absolute Gasteiger partial charge is 0.255 e. The number of aromatic amines is 1. The summed E-state index contributed by atoms with van der Waals surface area (Å²) < 4.78 is 1.90. The van der Waals surface area contributed by atoms with Crippen LogP contribution in [-0.4, -0.2) is 31.7 Å². The van der Waals surface area contributed by atoms with Crippen molar-refractivity contribution in [1.82, 2.24) is 19.3 Å². The van der Waals surface area contributed by atoms with Gasteiger partial charge in [-0.3, -0.25) is 4.79 Å². The molecule has 0 spiro atoms. The highest BCUT2D eigenvalue weighted by Gasteiger charge is 2.35. The Morgan fingerprint density at radius 2 is 2.07 bits per heavy atom. The number of carbonyl (C=O) groups excluding carboxylic acids is 1. The van der Waals surface area contributed by atoms with Crippen LogP contribution in [0.3, 0.4) is 0 Å². The molecule has 27 heavy (non-hydrogen) atoms. The summed E-state index contributed by atoms with van der Waals surface area (Å²) in [6.45, 7) is 5.10. The predicted molar refractivity (Wildman–Crippen MR) is 106 cm³/mol. The molecular formula is C22H22N4O. The van der Waals surface area contributed by atoms with Gasteiger partial charge in [-0.25, -0.2) is 4.98 Å². The van der Waals surface area contributed by atoms with Crippen molar-refractivity contribution in [3.8, 4) is 0 Å². The van der Waals surface area contributed by atoms with Crippen LogP contribution in [0, 0.1) is 5.92 Å². The van der Waals surface area contributed by atoms with Gasteiger partial charge >= 0.3 is 0 Å². The molecule has 0 saturated heterocycles. The summed E-state index contributed by atoms with van der Waals surface area (Å²) in [4.78, 5) is 23.3. The third-order valence-electron chi connectivity index (χ3n) is 5.61. The van der Waals surface area contributed by atoms with E-state index in [2.05, 4.69) is 48.1 Å². The van der Waals surface area contributed by atoms with Gasteiger partial charge in [-0.1, -0.05) is 32.0 Å². The molecule has 1 aromatic carbocycles. The summed E-state index contributed by atoms with van der Waals surface area (Å²) in [5.41, 5.74) is 5.25. The number of aromatic nitrogens is 3. The second kappa shape index (κ2) is 5.98. The minimum atomic E-state index is 0.0483. The Morgan fingerprint density at radius 3 is 2.93 bits per heavy atom.